The van der Waals surface area contributed by atoms with E-state index in [1.165, 1.54) is 13.3 Å². The van der Waals surface area contributed by atoms with Gasteiger partial charge in [-0.3, -0.25) is 0 Å². The molecule has 7 heteroatoms. The van der Waals surface area contributed by atoms with Gasteiger partial charge in [0.1, 0.15) is 5.75 Å². The van der Waals surface area contributed by atoms with Gasteiger partial charge in [0.15, 0.2) is 5.57 Å². The number of halogens is 1. The van der Waals surface area contributed by atoms with Crippen LogP contribution >= 0.6 is 11.6 Å². The Labute approximate surface area is 134 Å². The molecule has 1 N–H and O–H groups in total. The summed E-state index contributed by atoms with van der Waals surface area (Å²) < 4.78 is 14.8. The highest BCUT2D eigenvalue weighted by atomic mass is 35.5. The van der Waals surface area contributed by atoms with Crippen LogP contribution in [-0.2, 0) is 19.1 Å². The molecule has 0 saturated heterocycles. The van der Waals surface area contributed by atoms with Crippen LogP contribution in [-0.4, -0.2) is 32.3 Å². The first-order valence-electron chi connectivity index (χ1n) is 6.67. The van der Waals surface area contributed by atoms with Crippen molar-refractivity contribution < 1.29 is 23.8 Å². The number of benzene rings is 1. The van der Waals surface area contributed by atoms with E-state index < -0.39 is 11.9 Å². The Balaban J connectivity index is 3.04. The number of esters is 2. The molecule has 6 nitrogen and oxygen atoms in total. The Morgan fingerprint density at radius 1 is 1.18 bits per heavy atom. The Morgan fingerprint density at radius 2 is 1.77 bits per heavy atom. The Kier molecular flexibility index (Phi) is 7.25. The first kappa shape index (κ1) is 17.8. The van der Waals surface area contributed by atoms with Gasteiger partial charge in [0.2, 0.25) is 0 Å². The van der Waals surface area contributed by atoms with Crippen LogP contribution in [0.15, 0.2) is 30.0 Å². The third-order valence-electron chi connectivity index (χ3n) is 2.52. The molecule has 1 aromatic carbocycles. The van der Waals surface area contributed by atoms with E-state index in [4.69, 9.17) is 25.8 Å². The minimum Gasteiger partial charge on any atom is -0.495 e. The van der Waals surface area contributed by atoms with Gasteiger partial charge in [0, 0.05) is 11.2 Å². The second kappa shape index (κ2) is 8.94. The fraction of sp³-hybridized carbons (Fsp3) is 0.333. The highest BCUT2D eigenvalue weighted by molar-refractivity contribution is 6.31. The maximum Gasteiger partial charge on any atom is 0.347 e. The van der Waals surface area contributed by atoms with E-state index in [0.29, 0.717) is 16.5 Å². The third-order valence-corrected chi connectivity index (χ3v) is 2.76. The van der Waals surface area contributed by atoms with Gasteiger partial charge < -0.3 is 19.5 Å². The van der Waals surface area contributed by atoms with E-state index in [-0.39, 0.29) is 18.8 Å². The molecule has 1 rings (SSSR count). The highest BCUT2D eigenvalue weighted by Crippen LogP contribution is 2.27. The first-order valence-corrected chi connectivity index (χ1v) is 7.05. The number of nitrogens with one attached hydrogen (secondary N) is 1. The molecular formula is C15H18ClNO5. The Hall–Kier alpha value is -2.21. The molecule has 0 aliphatic heterocycles. The number of carbonyl (C=O) groups excluding carboxylic acids is 2. The van der Waals surface area contributed by atoms with Gasteiger partial charge in [0.25, 0.3) is 0 Å². The summed E-state index contributed by atoms with van der Waals surface area (Å²) in [6.07, 6.45) is 1.21. The van der Waals surface area contributed by atoms with Crippen LogP contribution in [0.25, 0.3) is 0 Å². The van der Waals surface area contributed by atoms with Crippen molar-refractivity contribution in [2.45, 2.75) is 13.8 Å². The van der Waals surface area contributed by atoms with E-state index in [9.17, 15) is 9.59 Å². The number of ether oxygens (including phenoxy) is 3. The monoisotopic (exact) mass is 327 g/mol. The minimum absolute atomic E-state index is 0.149. The quantitative estimate of drug-likeness (QED) is 0.359. The molecular weight excluding hydrogens is 310 g/mol. The van der Waals surface area contributed by atoms with Crippen LogP contribution in [0.2, 0.25) is 5.02 Å². The van der Waals surface area contributed by atoms with Gasteiger partial charge in [-0.05, 0) is 32.0 Å². The lowest BCUT2D eigenvalue weighted by molar-refractivity contribution is -0.146. The fourth-order valence-electron chi connectivity index (χ4n) is 1.56. The lowest BCUT2D eigenvalue weighted by Gasteiger charge is -2.10. The van der Waals surface area contributed by atoms with Crippen molar-refractivity contribution in [2.75, 3.05) is 25.6 Å². The molecule has 0 bridgehead atoms. The average Bonchev–Trinajstić information content (AvgIpc) is 2.48. The number of methoxy groups -OCH3 is 1. The zero-order valence-electron chi connectivity index (χ0n) is 12.6. The predicted molar refractivity (Wildman–Crippen MR) is 83.0 cm³/mol. The van der Waals surface area contributed by atoms with Gasteiger partial charge in [-0.15, -0.1) is 0 Å². The molecule has 0 spiro atoms. The number of carbonyl (C=O) groups is 2. The largest absolute Gasteiger partial charge is 0.495 e. The second-order valence-corrected chi connectivity index (χ2v) is 4.42. The van der Waals surface area contributed by atoms with Crippen LogP contribution in [0.3, 0.4) is 0 Å². The standard InChI is InChI=1S/C15H18ClNO5/c1-4-21-14(18)11(15(19)22-5-2)9-17-12-8-10(16)6-7-13(12)20-3/h6-9,17H,4-5H2,1-3H3. The molecule has 0 aromatic heterocycles. The smallest absolute Gasteiger partial charge is 0.347 e. The first-order chi connectivity index (χ1) is 10.5. The summed E-state index contributed by atoms with van der Waals surface area (Å²) in [4.78, 5) is 23.6. The average molecular weight is 328 g/mol. The number of rotatable bonds is 7. The fourth-order valence-corrected chi connectivity index (χ4v) is 1.73. The third kappa shape index (κ3) is 4.96. The van der Waals surface area contributed by atoms with E-state index in [0.717, 1.165) is 0 Å². The number of hydrogen-bond acceptors (Lipinski definition) is 6. The number of hydrogen-bond donors (Lipinski definition) is 1. The summed E-state index contributed by atoms with van der Waals surface area (Å²) >= 11 is 5.91. The Morgan fingerprint density at radius 3 is 2.27 bits per heavy atom. The SMILES string of the molecule is CCOC(=O)C(=CNc1cc(Cl)ccc1OC)C(=O)OCC. The molecule has 22 heavy (non-hydrogen) atoms. The predicted octanol–water partition coefficient (Wildman–Crippen LogP) is 2.77. The summed E-state index contributed by atoms with van der Waals surface area (Å²) in [7, 11) is 1.50. The molecule has 1 aromatic rings. The topological polar surface area (TPSA) is 73.9 Å². The summed E-state index contributed by atoms with van der Waals surface area (Å²) in [5.74, 6) is -1.03. The minimum atomic E-state index is -0.769. The summed E-state index contributed by atoms with van der Waals surface area (Å²) in [6, 6.07) is 4.92. The van der Waals surface area contributed by atoms with Gasteiger partial charge in [-0.2, -0.15) is 0 Å². The van der Waals surface area contributed by atoms with Gasteiger partial charge in [0.05, 0.1) is 26.0 Å². The zero-order valence-corrected chi connectivity index (χ0v) is 13.4. The van der Waals surface area contributed by atoms with Crippen molar-refractivity contribution in [3.05, 3.63) is 35.0 Å². The molecule has 0 aliphatic rings. The lowest BCUT2D eigenvalue weighted by atomic mass is 10.2. The van der Waals surface area contributed by atoms with Crippen molar-refractivity contribution in [1.82, 2.24) is 0 Å². The van der Waals surface area contributed by atoms with E-state index in [1.807, 2.05) is 0 Å². The summed E-state index contributed by atoms with van der Waals surface area (Å²) in [5, 5.41) is 3.29. The highest BCUT2D eigenvalue weighted by Gasteiger charge is 2.21. The molecule has 0 heterocycles. The van der Waals surface area contributed by atoms with Gasteiger partial charge in [-0.1, -0.05) is 11.6 Å². The zero-order chi connectivity index (χ0) is 16.5. The van der Waals surface area contributed by atoms with Crippen LogP contribution in [0.1, 0.15) is 13.8 Å². The van der Waals surface area contributed by atoms with Crippen LogP contribution in [0.5, 0.6) is 5.75 Å². The summed E-state index contributed by atoms with van der Waals surface area (Å²) in [5.41, 5.74) is 0.256. The van der Waals surface area contributed by atoms with Crippen molar-refractivity contribution >= 4 is 29.2 Å². The van der Waals surface area contributed by atoms with E-state index in [1.54, 1.807) is 32.0 Å². The van der Waals surface area contributed by atoms with Gasteiger partial charge >= 0.3 is 11.9 Å². The van der Waals surface area contributed by atoms with Crippen LogP contribution in [0, 0.1) is 0 Å². The maximum absolute atomic E-state index is 11.8. The van der Waals surface area contributed by atoms with E-state index >= 15 is 0 Å². The van der Waals surface area contributed by atoms with Crippen molar-refractivity contribution in [3.63, 3.8) is 0 Å². The molecule has 0 saturated carbocycles. The Bertz CT molecular complexity index is 551. The van der Waals surface area contributed by atoms with Crippen LogP contribution < -0.4 is 10.1 Å². The second-order valence-electron chi connectivity index (χ2n) is 3.99. The van der Waals surface area contributed by atoms with Gasteiger partial charge in [-0.25, -0.2) is 9.59 Å². The van der Waals surface area contributed by atoms with Crippen molar-refractivity contribution in [2.24, 2.45) is 0 Å². The molecule has 0 atom stereocenters. The van der Waals surface area contributed by atoms with E-state index in [2.05, 4.69) is 5.32 Å². The molecule has 0 radical (unpaired) electrons. The normalized spacial score (nSPS) is 9.64. The lowest BCUT2D eigenvalue weighted by Crippen LogP contribution is -2.19. The molecule has 120 valence electrons. The molecule has 0 unspecified atom stereocenters. The van der Waals surface area contributed by atoms with Crippen molar-refractivity contribution in [3.8, 4) is 5.75 Å². The van der Waals surface area contributed by atoms with Crippen molar-refractivity contribution in [1.29, 1.82) is 0 Å². The van der Waals surface area contributed by atoms with Crippen LogP contribution in [0.4, 0.5) is 5.69 Å². The molecule has 0 aliphatic carbocycles. The maximum atomic E-state index is 11.8. The summed E-state index contributed by atoms with van der Waals surface area (Å²) in [6.45, 7) is 3.59. The molecule has 0 amide bonds. The number of anilines is 1. The molecule has 0 fully saturated rings.